The molecule has 1 unspecified atom stereocenters. The van der Waals surface area contributed by atoms with Crippen LogP contribution in [0.3, 0.4) is 0 Å². The summed E-state index contributed by atoms with van der Waals surface area (Å²) in [5.41, 5.74) is 3.74. The summed E-state index contributed by atoms with van der Waals surface area (Å²) < 4.78 is 15.9. The van der Waals surface area contributed by atoms with Crippen LogP contribution in [0.4, 0.5) is 4.39 Å². The van der Waals surface area contributed by atoms with Gasteiger partial charge in [0.25, 0.3) is 5.91 Å². The van der Waals surface area contributed by atoms with Crippen molar-refractivity contribution in [2.24, 2.45) is 0 Å². The summed E-state index contributed by atoms with van der Waals surface area (Å²) in [6, 6.07) is 4.90. The van der Waals surface area contributed by atoms with Crippen LogP contribution in [-0.2, 0) is 23.1 Å². The molecule has 1 amide bonds. The van der Waals surface area contributed by atoms with E-state index in [2.05, 4.69) is 5.10 Å². The lowest BCUT2D eigenvalue weighted by molar-refractivity contribution is -0.135. The van der Waals surface area contributed by atoms with E-state index in [4.69, 9.17) is 0 Å². The molecule has 23 heavy (non-hydrogen) atoms. The number of benzene rings is 1. The molecule has 5 nitrogen and oxygen atoms in total. The minimum Gasteiger partial charge on any atom is -0.289 e. The summed E-state index contributed by atoms with van der Waals surface area (Å²) in [6.45, 7) is 5.70. The number of carbonyl (C=O) groups excluding carboxylic acids is 1. The van der Waals surface area contributed by atoms with Crippen molar-refractivity contribution in [3.05, 3.63) is 52.6 Å². The number of amides is 1. The Balaban J connectivity index is 2.15. The standard InChI is InChI=1S/C17H20FN3O2/c1-10(2)21-15-8-17(16(22)20-23,7-12(15)9-19-21)13-5-4-6-14(18)11(13)3/h4-6,9-10,23H,7-8H2,1-3H3,(H,20,22). The number of hydrogen-bond acceptors (Lipinski definition) is 3. The Morgan fingerprint density at radius 2 is 2.17 bits per heavy atom. The van der Waals surface area contributed by atoms with Gasteiger partial charge in [0.2, 0.25) is 0 Å². The van der Waals surface area contributed by atoms with Crippen LogP contribution in [0.25, 0.3) is 0 Å². The molecule has 0 radical (unpaired) electrons. The Kier molecular flexibility index (Phi) is 3.72. The number of hydrogen-bond donors (Lipinski definition) is 2. The van der Waals surface area contributed by atoms with E-state index in [0.717, 1.165) is 11.3 Å². The van der Waals surface area contributed by atoms with Gasteiger partial charge in [-0.1, -0.05) is 12.1 Å². The molecule has 0 bridgehead atoms. The van der Waals surface area contributed by atoms with Crippen LogP contribution in [-0.4, -0.2) is 20.9 Å². The van der Waals surface area contributed by atoms with E-state index in [1.807, 2.05) is 18.5 Å². The van der Waals surface area contributed by atoms with E-state index >= 15 is 0 Å². The fourth-order valence-corrected chi connectivity index (χ4v) is 3.59. The lowest BCUT2D eigenvalue weighted by atomic mass is 9.75. The predicted octanol–water partition coefficient (Wildman–Crippen LogP) is 2.45. The minimum absolute atomic E-state index is 0.167. The molecular formula is C17H20FN3O2. The largest absolute Gasteiger partial charge is 0.289 e. The number of fused-ring (bicyclic) bond motifs is 1. The Bertz CT molecular complexity index is 769. The first kappa shape index (κ1) is 15.7. The number of aromatic nitrogens is 2. The van der Waals surface area contributed by atoms with Crippen LogP contribution in [0.1, 0.15) is 42.3 Å². The molecule has 2 aromatic rings. The number of halogens is 1. The molecule has 0 saturated heterocycles. The predicted molar refractivity (Wildman–Crippen MR) is 82.8 cm³/mol. The highest BCUT2D eigenvalue weighted by Crippen LogP contribution is 2.42. The quantitative estimate of drug-likeness (QED) is 0.675. The molecule has 1 atom stereocenters. The van der Waals surface area contributed by atoms with Gasteiger partial charge in [0.15, 0.2) is 0 Å². The van der Waals surface area contributed by atoms with Crippen molar-refractivity contribution in [3.63, 3.8) is 0 Å². The highest BCUT2D eigenvalue weighted by atomic mass is 19.1. The molecule has 3 rings (SSSR count). The zero-order chi connectivity index (χ0) is 16.8. The molecule has 1 aromatic carbocycles. The highest BCUT2D eigenvalue weighted by molar-refractivity contribution is 5.89. The van der Waals surface area contributed by atoms with Crippen molar-refractivity contribution in [1.29, 1.82) is 0 Å². The van der Waals surface area contributed by atoms with Crippen molar-refractivity contribution in [2.75, 3.05) is 0 Å². The summed E-state index contributed by atoms with van der Waals surface area (Å²) in [5, 5.41) is 13.6. The van der Waals surface area contributed by atoms with Crippen LogP contribution in [0.5, 0.6) is 0 Å². The van der Waals surface area contributed by atoms with Gasteiger partial charge in [-0.2, -0.15) is 5.10 Å². The lowest BCUT2D eigenvalue weighted by Crippen LogP contribution is -2.45. The topological polar surface area (TPSA) is 67.2 Å². The maximum absolute atomic E-state index is 14.0. The SMILES string of the molecule is Cc1c(F)cccc1C1(C(=O)NO)Cc2cnn(C(C)C)c2C1. The summed E-state index contributed by atoms with van der Waals surface area (Å²) >= 11 is 0. The zero-order valence-electron chi connectivity index (χ0n) is 13.4. The molecule has 1 aliphatic rings. The third-order valence-corrected chi connectivity index (χ3v) is 4.76. The maximum atomic E-state index is 14.0. The average Bonchev–Trinajstić information content (AvgIpc) is 3.07. The Labute approximate surface area is 134 Å². The van der Waals surface area contributed by atoms with Gasteiger partial charge in [0.05, 0.1) is 11.6 Å². The fourth-order valence-electron chi connectivity index (χ4n) is 3.59. The molecule has 0 aliphatic heterocycles. The van der Waals surface area contributed by atoms with Gasteiger partial charge in [0, 0.05) is 18.2 Å². The van der Waals surface area contributed by atoms with E-state index in [0.29, 0.717) is 24.0 Å². The van der Waals surface area contributed by atoms with E-state index in [9.17, 15) is 14.4 Å². The molecule has 0 fully saturated rings. The van der Waals surface area contributed by atoms with Crippen molar-refractivity contribution in [3.8, 4) is 0 Å². The third kappa shape index (κ3) is 2.25. The van der Waals surface area contributed by atoms with Crippen LogP contribution >= 0.6 is 0 Å². The van der Waals surface area contributed by atoms with Gasteiger partial charge in [-0.05, 0) is 49.9 Å². The minimum atomic E-state index is -1.01. The third-order valence-electron chi connectivity index (χ3n) is 4.76. The van der Waals surface area contributed by atoms with E-state index < -0.39 is 11.3 Å². The summed E-state index contributed by atoms with van der Waals surface area (Å²) in [7, 11) is 0. The van der Waals surface area contributed by atoms with Crippen LogP contribution in [0.15, 0.2) is 24.4 Å². The van der Waals surface area contributed by atoms with Gasteiger partial charge < -0.3 is 0 Å². The number of rotatable bonds is 3. The van der Waals surface area contributed by atoms with Crippen molar-refractivity contribution >= 4 is 5.91 Å². The molecule has 122 valence electrons. The first-order valence-corrected chi connectivity index (χ1v) is 7.66. The molecular weight excluding hydrogens is 297 g/mol. The number of hydroxylamine groups is 1. The van der Waals surface area contributed by atoms with Crippen LogP contribution in [0, 0.1) is 12.7 Å². The van der Waals surface area contributed by atoms with Gasteiger partial charge in [-0.3, -0.25) is 14.7 Å². The Morgan fingerprint density at radius 1 is 1.43 bits per heavy atom. The monoisotopic (exact) mass is 317 g/mol. The zero-order valence-corrected chi connectivity index (χ0v) is 13.4. The normalized spacial score (nSPS) is 19.9. The van der Waals surface area contributed by atoms with Crippen molar-refractivity contribution in [2.45, 2.75) is 45.1 Å². The smallest absolute Gasteiger partial charge is 0.254 e. The second kappa shape index (κ2) is 5.45. The first-order valence-electron chi connectivity index (χ1n) is 7.66. The van der Waals surface area contributed by atoms with Gasteiger partial charge in [-0.15, -0.1) is 0 Å². The van der Waals surface area contributed by atoms with Crippen LogP contribution < -0.4 is 5.48 Å². The van der Waals surface area contributed by atoms with Gasteiger partial charge >= 0.3 is 0 Å². The van der Waals surface area contributed by atoms with Crippen molar-refractivity contribution < 1.29 is 14.4 Å². The van der Waals surface area contributed by atoms with Crippen LogP contribution in [0.2, 0.25) is 0 Å². The molecule has 1 heterocycles. The number of carbonyl (C=O) groups is 1. The summed E-state index contributed by atoms with van der Waals surface area (Å²) in [4.78, 5) is 12.5. The van der Waals surface area contributed by atoms with E-state index in [1.165, 1.54) is 6.07 Å². The number of nitrogens with one attached hydrogen (secondary N) is 1. The average molecular weight is 317 g/mol. The Hall–Kier alpha value is -2.21. The molecule has 0 saturated carbocycles. The lowest BCUT2D eigenvalue weighted by Gasteiger charge is -2.29. The summed E-state index contributed by atoms with van der Waals surface area (Å²) in [5.74, 6) is -0.869. The molecule has 1 aromatic heterocycles. The second-order valence-electron chi connectivity index (χ2n) is 6.44. The summed E-state index contributed by atoms with van der Waals surface area (Å²) in [6.07, 6.45) is 2.54. The first-order chi connectivity index (χ1) is 10.9. The number of nitrogens with zero attached hydrogens (tertiary/aromatic N) is 2. The Morgan fingerprint density at radius 3 is 2.83 bits per heavy atom. The molecule has 1 aliphatic carbocycles. The van der Waals surface area contributed by atoms with Gasteiger partial charge in [-0.25, -0.2) is 9.87 Å². The molecule has 2 N–H and O–H groups in total. The van der Waals surface area contributed by atoms with E-state index in [-0.39, 0.29) is 11.9 Å². The second-order valence-corrected chi connectivity index (χ2v) is 6.44. The van der Waals surface area contributed by atoms with E-state index in [1.54, 1.807) is 30.7 Å². The molecule has 6 heteroatoms. The fraction of sp³-hybridized carbons (Fsp3) is 0.412. The molecule has 0 spiro atoms. The maximum Gasteiger partial charge on any atom is 0.254 e. The van der Waals surface area contributed by atoms with Gasteiger partial charge in [0.1, 0.15) is 5.82 Å². The highest BCUT2D eigenvalue weighted by Gasteiger charge is 2.48. The van der Waals surface area contributed by atoms with Crippen molar-refractivity contribution in [1.82, 2.24) is 15.3 Å².